The van der Waals surface area contributed by atoms with Crippen molar-refractivity contribution < 1.29 is 97.9 Å². The lowest BCUT2D eigenvalue weighted by Gasteiger charge is -2.46. The Balaban J connectivity index is 1.45. The molecule has 0 spiro atoms. The molecule has 8 N–H and O–H groups in total. The van der Waals surface area contributed by atoms with Crippen molar-refractivity contribution in [3.63, 3.8) is 0 Å². The molecule has 0 bridgehead atoms. The molecule has 0 aromatic carbocycles. The maximum absolute atomic E-state index is 11.4. The van der Waals surface area contributed by atoms with E-state index in [0.717, 1.165) is 45.4 Å². The minimum Gasteiger partial charge on any atom is -0.463 e. The third kappa shape index (κ3) is 14.6. The van der Waals surface area contributed by atoms with Crippen molar-refractivity contribution in [3.8, 4) is 0 Å². The highest BCUT2D eigenvalue weighted by atomic mass is 16.8. The first-order valence-electron chi connectivity index (χ1n) is 19.2. The van der Waals surface area contributed by atoms with Gasteiger partial charge in [0.15, 0.2) is 18.9 Å². The van der Waals surface area contributed by atoms with E-state index in [4.69, 9.17) is 42.6 Å². The van der Waals surface area contributed by atoms with Crippen LogP contribution < -0.4 is 0 Å². The summed E-state index contributed by atoms with van der Waals surface area (Å²) in [4.78, 5) is 33.9. The summed E-state index contributed by atoms with van der Waals surface area (Å²) >= 11 is 0. The molecule has 0 amide bonds. The van der Waals surface area contributed by atoms with E-state index in [1.807, 2.05) is 0 Å². The average molecular weight is 815 g/mol. The van der Waals surface area contributed by atoms with Gasteiger partial charge in [-0.15, -0.1) is 0 Å². The number of hydrogen-bond donors (Lipinski definition) is 8. The van der Waals surface area contributed by atoms with Crippen LogP contribution in [0, 0.1) is 0 Å². The molecule has 20 nitrogen and oxygen atoms in total. The van der Waals surface area contributed by atoms with Gasteiger partial charge in [-0.2, -0.15) is 0 Å². The topological polar surface area (TPSA) is 296 Å². The van der Waals surface area contributed by atoms with E-state index < -0.39 is 129 Å². The summed E-state index contributed by atoms with van der Waals surface area (Å²) < 4.78 is 49.5. The zero-order valence-corrected chi connectivity index (χ0v) is 32.6. The van der Waals surface area contributed by atoms with Gasteiger partial charge in [0.1, 0.15) is 93.1 Å². The van der Waals surface area contributed by atoms with Crippen LogP contribution in [0.4, 0.5) is 0 Å². The SMILES string of the molecule is CC(=O)OC[C@H]1O[C@@H](OC(C)CCCCCCCC[C@H](C)O[C@@H]2O[C@H](COC(C)=O)[C@@H](O)[C@H](O)[C@H]2O[C@@H]2O[C@H](COC(C)=O)[C@@H](O)[C@H](O)[C@H]2O)[C@H](O)[C@@H](O)[C@@H]1O. The lowest BCUT2D eigenvalue weighted by molar-refractivity contribution is -0.371. The standard InChI is InChI=1S/C36H62O20/c1-17(51-34-31(46)28(43)25(40)22(53-34)14-48-19(3)37)12-10-8-6-7-9-11-13-18(2)52-36-33(30(45)27(42)24(55-36)16-50-21(5)39)56-35-32(47)29(44)26(41)23(54-35)15-49-20(4)38/h17-18,22-36,40-47H,6-16H2,1-5H3/t17?,18-,22+,23+,24+,25+,26+,27+,28-,29-,30-,31+,32+,33+,34+,35-,36+/m0/s1. The van der Waals surface area contributed by atoms with E-state index in [1.165, 1.54) is 13.8 Å². The van der Waals surface area contributed by atoms with E-state index in [9.17, 15) is 55.2 Å². The van der Waals surface area contributed by atoms with Gasteiger partial charge in [0.05, 0.1) is 12.2 Å². The van der Waals surface area contributed by atoms with Gasteiger partial charge in [-0.05, 0) is 26.7 Å². The molecule has 0 saturated carbocycles. The van der Waals surface area contributed by atoms with Crippen molar-refractivity contribution in [3.05, 3.63) is 0 Å². The minimum atomic E-state index is -1.81. The maximum atomic E-state index is 11.4. The van der Waals surface area contributed by atoms with Crippen molar-refractivity contribution in [1.82, 2.24) is 0 Å². The average Bonchev–Trinajstić information content (AvgIpc) is 3.13. The van der Waals surface area contributed by atoms with Crippen molar-refractivity contribution >= 4 is 17.9 Å². The summed E-state index contributed by atoms with van der Waals surface area (Å²) in [6.45, 7) is 5.91. The zero-order valence-electron chi connectivity index (χ0n) is 32.6. The quantitative estimate of drug-likeness (QED) is 0.0355. The van der Waals surface area contributed by atoms with Gasteiger partial charge >= 0.3 is 17.9 Å². The monoisotopic (exact) mass is 814 g/mol. The molecule has 20 heteroatoms. The molecular weight excluding hydrogens is 752 g/mol. The molecule has 56 heavy (non-hydrogen) atoms. The first kappa shape index (κ1) is 48.2. The first-order valence-corrected chi connectivity index (χ1v) is 19.2. The van der Waals surface area contributed by atoms with Gasteiger partial charge < -0.3 is 83.5 Å². The predicted octanol–water partition coefficient (Wildman–Crippen LogP) is -1.95. The summed E-state index contributed by atoms with van der Waals surface area (Å²) in [5.41, 5.74) is 0. The maximum Gasteiger partial charge on any atom is 0.302 e. The Hall–Kier alpha value is -2.15. The molecule has 3 rings (SSSR count). The van der Waals surface area contributed by atoms with Gasteiger partial charge in [-0.3, -0.25) is 14.4 Å². The van der Waals surface area contributed by atoms with Gasteiger partial charge in [0.25, 0.3) is 0 Å². The van der Waals surface area contributed by atoms with Crippen LogP contribution in [-0.4, -0.2) is 183 Å². The molecule has 3 saturated heterocycles. The van der Waals surface area contributed by atoms with E-state index in [0.29, 0.717) is 12.8 Å². The Bertz CT molecular complexity index is 1190. The highest BCUT2D eigenvalue weighted by Crippen LogP contribution is 2.31. The summed E-state index contributed by atoms with van der Waals surface area (Å²) in [6, 6.07) is 0. The summed E-state index contributed by atoms with van der Waals surface area (Å²) in [5, 5.41) is 84.0. The summed E-state index contributed by atoms with van der Waals surface area (Å²) in [5.74, 6) is -1.90. The second-order valence-corrected chi connectivity index (χ2v) is 14.7. The van der Waals surface area contributed by atoms with Gasteiger partial charge in [0.2, 0.25) is 0 Å². The molecule has 0 aromatic heterocycles. The largest absolute Gasteiger partial charge is 0.463 e. The number of unbranched alkanes of at least 4 members (excludes halogenated alkanes) is 5. The fraction of sp³-hybridized carbons (Fsp3) is 0.917. The highest BCUT2D eigenvalue weighted by molar-refractivity contribution is 5.66. The number of aliphatic hydroxyl groups excluding tert-OH is 8. The molecule has 17 atom stereocenters. The molecule has 326 valence electrons. The molecule has 0 aromatic rings. The number of carbonyl (C=O) groups is 3. The number of carbonyl (C=O) groups excluding carboxylic acids is 3. The molecule has 3 fully saturated rings. The molecule has 1 unspecified atom stereocenters. The van der Waals surface area contributed by atoms with Crippen LogP contribution in [0.25, 0.3) is 0 Å². The normalized spacial score (nSPS) is 37.3. The Morgan fingerprint density at radius 2 is 0.804 bits per heavy atom. The van der Waals surface area contributed by atoms with Crippen LogP contribution in [0.5, 0.6) is 0 Å². The molecule has 0 aliphatic carbocycles. The number of esters is 3. The summed E-state index contributed by atoms with van der Waals surface area (Å²) in [7, 11) is 0. The van der Waals surface area contributed by atoms with Gasteiger partial charge in [-0.1, -0.05) is 38.5 Å². The van der Waals surface area contributed by atoms with Crippen LogP contribution in [0.2, 0.25) is 0 Å². The fourth-order valence-corrected chi connectivity index (χ4v) is 6.55. The third-order valence-electron chi connectivity index (χ3n) is 9.83. The van der Waals surface area contributed by atoms with Crippen LogP contribution >= 0.6 is 0 Å². The Morgan fingerprint density at radius 3 is 1.23 bits per heavy atom. The second kappa shape index (κ2) is 23.4. The number of ether oxygens (including phenoxy) is 9. The first-order chi connectivity index (χ1) is 26.4. The molecule has 3 aliphatic rings. The number of hydrogen-bond acceptors (Lipinski definition) is 20. The van der Waals surface area contributed by atoms with E-state index in [1.54, 1.807) is 13.8 Å². The Morgan fingerprint density at radius 1 is 0.464 bits per heavy atom. The molecule has 3 heterocycles. The molecule has 3 aliphatic heterocycles. The molecular formula is C36H62O20. The van der Waals surface area contributed by atoms with Gasteiger partial charge in [-0.25, -0.2) is 0 Å². The number of rotatable bonds is 21. The van der Waals surface area contributed by atoms with Crippen molar-refractivity contribution in [2.24, 2.45) is 0 Å². The van der Waals surface area contributed by atoms with Crippen molar-refractivity contribution in [1.29, 1.82) is 0 Å². The predicted molar refractivity (Wildman–Crippen MR) is 187 cm³/mol. The van der Waals surface area contributed by atoms with E-state index >= 15 is 0 Å². The Kier molecular flexibility index (Phi) is 20.2. The van der Waals surface area contributed by atoms with Crippen LogP contribution in [0.15, 0.2) is 0 Å². The minimum absolute atomic E-state index is 0.297. The lowest BCUT2D eigenvalue weighted by Crippen LogP contribution is -2.65. The Labute approximate surface area is 325 Å². The van der Waals surface area contributed by atoms with Crippen LogP contribution in [0.3, 0.4) is 0 Å². The molecule has 0 radical (unpaired) electrons. The van der Waals surface area contributed by atoms with Crippen LogP contribution in [-0.2, 0) is 57.0 Å². The fourth-order valence-electron chi connectivity index (χ4n) is 6.55. The smallest absolute Gasteiger partial charge is 0.302 e. The van der Waals surface area contributed by atoms with Gasteiger partial charge in [0, 0.05) is 20.8 Å². The highest BCUT2D eigenvalue weighted by Gasteiger charge is 2.52. The zero-order chi connectivity index (χ0) is 41.7. The van der Waals surface area contributed by atoms with Crippen molar-refractivity contribution in [2.75, 3.05) is 19.8 Å². The van der Waals surface area contributed by atoms with Crippen molar-refractivity contribution in [2.45, 2.75) is 190 Å². The lowest BCUT2D eigenvalue weighted by atomic mass is 9.97. The number of aliphatic hydroxyl groups is 8. The summed E-state index contributed by atoms with van der Waals surface area (Å²) in [6.07, 6.45) is -16.8. The van der Waals surface area contributed by atoms with Crippen LogP contribution in [0.1, 0.15) is 86.0 Å². The third-order valence-corrected chi connectivity index (χ3v) is 9.83. The van der Waals surface area contributed by atoms with E-state index in [-0.39, 0.29) is 12.7 Å². The van der Waals surface area contributed by atoms with E-state index in [2.05, 4.69) is 0 Å². The second-order valence-electron chi connectivity index (χ2n) is 14.7.